The molecule has 1 aromatic rings. The van der Waals surface area contributed by atoms with Crippen LogP contribution < -0.4 is 5.73 Å². The summed E-state index contributed by atoms with van der Waals surface area (Å²) < 4.78 is 12.6. The number of hydrogen-bond donors (Lipinski definition) is 1. The molecule has 14 heavy (non-hydrogen) atoms. The highest BCUT2D eigenvalue weighted by Gasteiger charge is 2.19. The lowest BCUT2D eigenvalue weighted by Crippen LogP contribution is -2.30. The minimum Gasteiger partial charge on any atom is -0.326 e. The maximum atomic E-state index is 12.6. The van der Waals surface area contributed by atoms with Gasteiger partial charge in [-0.3, -0.25) is 0 Å². The first-order chi connectivity index (χ1) is 6.52. The van der Waals surface area contributed by atoms with Gasteiger partial charge < -0.3 is 5.73 Å². The monoisotopic (exact) mass is 215 g/mol. The molecule has 1 aromatic carbocycles. The summed E-state index contributed by atoms with van der Waals surface area (Å²) in [6, 6.07) is 6.04. The van der Waals surface area contributed by atoms with Crippen molar-refractivity contribution >= 4 is 11.6 Å². The second-order valence-electron chi connectivity index (χ2n) is 3.77. The molecule has 0 saturated heterocycles. The Morgan fingerprint density at radius 2 is 1.71 bits per heavy atom. The van der Waals surface area contributed by atoms with Crippen LogP contribution in [-0.2, 0) is 0 Å². The van der Waals surface area contributed by atoms with Crippen molar-refractivity contribution in [2.45, 2.75) is 25.3 Å². The Bertz CT molecular complexity index is 284. The van der Waals surface area contributed by atoms with Crippen molar-refractivity contribution in [1.29, 1.82) is 0 Å². The molecule has 1 rings (SSSR count). The van der Waals surface area contributed by atoms with Crippen LogP contribution in [0.25, 0.3) is 0 Å². The first kappa shape index (κ1) is 11.5. The molecule has 78 valence electrons. The summed E-state index contributed by atoms with van der Waals surface area (Å²) in [6.45, 7) is 4.03. The van der Waals surface area contributed by atoms with Crippen LogP contribution >= 0.6 is 11.6 Å². The average molecular weight is 216 g/mol. The van der Waals surface area contributed by atoms with Gasteiger partial charge in [-0.1, -0.05) is 26.0 Å². The molecule has 2 atom stereocenters. The van der Waals surface area contributed by atoms with E-state index in [0.717, 1.165) is 5.56 Å². The Hall–Kier alpha value is -0.600. The van der Waals surface area contributed by atoms with Crippen molar-refractivity contribution in [3.05, 3.63) is 35.6 Å². The Labute approximate surface area is 89.1 Å². The molecule has 0 aromatic heterocycles. The molecule has 0 fully saturated rings. The maximum absolute atomic E-state index is 12.6. The van der Waals surface area contributed by atoms with Gasteiger partial charge in [-0.25, -0.2) is 4.39 Å². The average Bonchev–Trinajstić information content (AvgIpc) is 2.16. The molecule has 3 heteroatoms. The third-order valence-corrected chi connectivity index (χ3v) is 2.84. The number of alkyl halides is 1. The van der Waals surface area contributed by atoms with E-state index in [0.29, 0.717) is 5.92 Å². The molecule has 0 bridgehead atoms. The quantitative estimate of drug-likeness (QED) is 0.771. The van der Waals surface area contributed by atoms with Gasteiger partial charge in [0.05, 0.1) is 5.38 Å². The van der Waals surface area contributed by atoms with Crippen molar-refractivity contribution in [3.63, 3.8) is 0 Å². The van der Waals surface area contributed by atoms with E-state index in [4.69, 9.17) is 17.3 Å². The Kier molecular flexibility index (Phi) is 3.90. The zero-order chi connectivity index (χ0) is 10.7. The summed E-state index contributed by atoms with van der Waals surface area (Å²) in [6.07, 6.45) is 0. The van der Waals surface area contributed by atoms with Gasteiger partial charge in [-0.15, -0.1) is 11.6 Å². The second kappa shape index (κ2) is 4.76. The van der Waals surface area contributed by atoms with Crippen LogP contribution in [0.15, 0.2) is 24.3 Å². The number of rotatable bonds is 3. The zero-order valence-electron chi connectivity index (χ0n) is 8.37. The highest BCUT2D eigenvalue weighted by atomic mass is 35.5. The molecule has 0 saturated carbocycles. The third kappa shape index (κ3) is 2.69. The smallest absolute Gasteiger partial charge is 0.123 e. The molecular formula is C11H15ClFN. The van der Waals surface area contributed by atoms with Crippen LogP contribution in [0.3, 0.4) is 0 Å². The van der Waals surface area contributed by atoms with E-state index >= 15 is 0 Å². The van der Waals surface area contributed by atoms with Gasteiger partial charge in [-0.05, 0) is 23.6 Å². The van der Waals surface area contributed by atoms with E-state index in [1.807, 2.05) is 13.8 Å². The topological polar surface area (TPSA) is 26.0 Å². The third-order valence-electron chi connectivity index (χ3n) is 2.30. The lowest BCUT2D eigenvalue weighted by Gasteiger charge is -2.21. The standard InChI is InChI=1S/C11H15ClFN/c1-7(2)11(14)10(12)8-3-5-9(13)6-4-8/h3-7,10-11H,14H2,1-2H3/t10-,11+/m0/s1. The SMILES string of the molecule is CC(C)[C@@H](N)[C@@H](Cl)c1ccc(F)cc1. The molecule has 1 nitrogen and oxygen atoms in total. The van der Waals surface area contributed by atoms with Gasteiger partial charge in [0, 0.05) is 6.04 Å². The van der Waals surface area contributed by atoms with Gasteiger partial charge in [0.2, 0.25) is 0 Å². The van der Waals surface area contributed by atoms with Crippen LogP contribution in [0.2, 0.25) is 0 Å². The molecule has 0 unspecified atom stereocenters. The maximum Gasteiger partial charge on any atom is 0.123 e. The molecular weight excluding hydrogens is 201 g/mol. The van der Waals surface area contributed by atoms with Crippen molar-refractivity contribution in [2.75, 3.05) is 0 Å². The van der Waals surface area contributed by atoms with Crippen LogP contribution in [0.4, 0.5) is 4.39 Å². The summed E-state index contributed by atoms with van der Waals surface area (Å²) in [5.74, 6) is 0.0540. The minimum absolute atomic E-state index is 0.109. The number of nitrogens with two attached hydrogens (primary N) is 1. The normalized spacial score (nSPS) is 15.6. The lowest BCUT2D eigenvalue weighted by molar-refractivity contribution is 0.479. The van der Waals surface area contributed by atoms with E-state index in [1.54, 1.807) is 12.1 Å². The fourth-order valence-corrected chi connectivity index (χ4v) is 1.64. The minimum atomic E-state index is -0.254. The van der Waals surface area contributed by atoms with E-state index in [1.165, 1.54) is 12.1 Å². The first-order valence-corrected chi connectivity index (χ1v) is 5.11. The Balaban J connectivity index is 2.78. The number of halogens is 2. The molecule has 0 spiro atoms. The van der Waals surface area contributed by atoms with Crippen LogP contribution in [0.1, 0.15) is 24.8 Å². The molecule has 0 amide bonds. The van der Waals surface area contributed by atoms with E-state index in [-0.39, 0.29) is 17.2 Å². The summed E-state index contributed by atoms with van der Waals surface area (Å²) in [4.78, 5) is 0. The van der Waals surface area contributed by atoms with Gasteiger partial charge in [0.15, 0.2) is 0 Å². The van der Waals surface area contributed by atoms with Crippen molar-refractivity contribution in [2.24, 2.45) is 11.7 Å². The molecule has 0 aliphatic heterocycles. The van der Waals surface area contributed by atoms with Gasteiger partial charge in [0.25, 0.3) is 0 Å². The predicted molar refractivity (Wildman–Crippen MR) is 57.8 cm³/mol. The van der Waals surface area contributed by atoms with Crippen molar-refractivity contribution in [3.8, 4) is 0 Å². The number of benzene rings is 1. The Morgan fingerprint density at radius 1 is 1.21 bits per heavy atom. The fraction of sp³-hybridized carbons (Fsp3) is 0.455. The van der Waals surface area contributed by atoms with E-state index < -0.39 is 0 Å². The molecule has 0 aliphatic rings. The molecule has 2 N–H and O–H groups in total. The number of hydrogen-bond acceptors (Lipinski definition) is 1. The Morgan fingerprint density at radius 3 is 2.14 bits per heavy atom. The zero-order valence-corrected chi connectivity index (χ0v) is 9.13. The summed E-state index contributed by atoms with van der Waals surface area (Å²) >= 11 is 6.16. The van der Waals surface area contributed by atoms with Crippen LogP contribution in [-0.4, -0.2) is 6.04 Å². The summed E-state index contributed by atoms with van der Waals surface area (Å²) in [7, 11) is 0. The predicted octanol–water partition coefficient (Wildman–Crippen LogP) is 3.09. The van der Waals surface area contributed by atoms with E-state index in [2.05, 4.69) is 0 Å². The van der Waals surface area contributed by atoms with Crippen molar-refractivity contribution < 1.29 is 4.39 Å². The van der Waals surface area contributed by atoms with Gasteiger partial charge >= 0.3 is 0 Å². The molecule has 0 aliphatic carbocycles. The molecule has 0 heterocycles. The molecule has 0 radical (unpaired) electrons. The highest BCUT2D eigenvalue weighted by Crippen LogP contribution is 2.26. The summed E-state index contributed by atoms with van der Waals surface area (Å²) in [5, 5.41) is -0.254. The largest absolute Gasteiger partial charge is 0.326 e. The highest BCUT2D eigenvalue weighted by molar-refractivity contribution is 6.21. The van der Waals surface area contributed by atoms with Crippen molar-refractivity contribution in [1.82, 2.24) is 0 Å². The van der Waals surface area contributed by atoms with Gasteiger partial charge in [0.1, 0.15) is 5.82 Å². The van der Waals surface area contributed by atoms with Crippen LogP contribution in [0, 0.1) is 11.7 Å². The second-order valence-corrected chi connectivity index (χ2v) is 4.24. The first-order valence-electron chi connectivity index (χ1n) is 4.67. The van der Waals surface area contributed by atoms with Crippen LogP contribution in [0.5, 0.6) is 0 Å². The lowest BCUT2D eigenvalue weighted by atomic mass is 9.97. The van der Waals surface area contributed by atoms with E-state index in [9.17, 15) is 4.39 Å². The fourth-order valence-electron chi connectivity index (χ4n) is 1.21. The van der Waals surface area contributed by atoms with Gasteiger partial charge in [-0.2, -0.15) is 0 Å². The summed E-state index contributed by atoms with van der Waals surface area (Å²) in [5.41, 5.74) is 6.77.